The fraction of sp³-hybridized carbons (Fsp3) is 0.778. The Morgan fingerprint density at radius 2 is 2.24 bits per heavy atom. The van der Waals surface area contributed by atoms with Gasteiger partial charge in [0.15, 0.2) is 0 Å². The van der Waals surface area contributed by atoms with Gasteiger partial charge in [-0.05, 0) is 18.8 Å². The number of rotatable bonds is 3. The van der Waals surface area contributed by atoms with Crippen molar-refractivity contribution in [1.29, 1.82) is 0 Å². The lowest BCUT2D eigenvalue weighted by atomic mass is 10.0. The van der Waals surface area contributed by atoms with Crippen LogP contribution in [0.3, 0.4) is 0 Å². The molecule has 8 heteroatoms. The first-order chi connectivity index (χ1) is 7.85. The van der Waals surface area contributed by atoms with Crippen LogP contribution in [-0.2, 0) is 10.0 Å². The molecule has 0 amide bonds. The number of sulfonamides is 1. The Bertz CT molecular complexity index is 499. The predicted molar refractivity (Wildman–Crippen MR) is 67.5 cm³/mol. The van der Waals surface area contributed by atoms with Crippen LogP contribution in [0.25, 0.3) is 0 Å². The first-order valence-electron chi connectivity index (χ1n) is 5.41. The fourth-order valence-electron chi connectivity index (χ4n) is 2.12. The first kappa shape index (κ1) is 12.7. The highest BCUT2D eigenvalue weighted by Gasteiger charge is 2.33. The van der Waals surface area contributed by atoms with Gasteiger partial charge in [0.2, 0.25) is 15.2 Å². The predicted octanol–water partition coefficient (Wildman–Crippen LogP) is 0.207. The van der Waals surface area contributed by atoms with E-state index in [0.717, 1.165) is 17.5 Å². The summed E-state index contributed by atoms with van der Waals surface area (Å²) in [6, 6.07) is 0. The molecule has 2 N–H and O–H groups in total. The second-order valence-electron chi connectivity index (χ2n) is 4.60. The largest absolute Gasteiger partial charge is 0.346 e. The van der Waals surface area contributed by atoms with Gasteiger partial charge in [0.05, 0.1) is 5.75 Å². The lowest BCUT2D eigenvalue weighted by Gasteiger charge is -2.13. The van der Waals surface area contributed by atoms with E-state index in [4.69, 9.17) is 5.14 Å². The summed E-state index contributed by atoms with van der Waals surface area (Å²) in [5.74, 6) is 1.18. The second kappa shape index (κ2) is 4.51. The number of nitrogens with two attached hydrogens (primary N) is 1. The standard InChI is InChI=1S/C9H16N4O2S2/c1-6-3-13(9-11-7(2)12-16-9)4-8(6)5-17(10,14)15/h6,8H,3-5H2,1-2H3,(H2,10,14,15)/t6-,8+/m1/s1. The quantitative estimate of drug-likeness (QED) is 0.852. The van der Waals surface area contributed by atoms with E-state index in [1.807, 2.05) is 13.8 Å². The van der Waals surface area contributed by atoms with Gasteiger partial charge in [-0.1, -0.05) is 6.92 Å². The van der Waals surface area contributed by atoms with Gasteiger partial charge in [-0.25, -0.2) is 18.5 Å². The molecule has 2 atom stereocenters. The molecule has 2 heterocycles. The average Bonchev–Trinajstić information content (AvgIpc) is 2.72. The van der Waals surface area contributed by atoms with Crippen LogP contribution >= 0.6 is 11.5 Å². The van der Waals surface area contributed by atoms with Gasteiger partial charge in [0.25, 0.3) is 0 Å². The van der Waals surface area contributed by atoms with Crippen molar-refractivity contribution >= 4 is 26.7 Å². The Morgan fingerprint density at radius 1 is 1.53 bits per heavy atom. The molecule has 0 spiro atoms. The van der Waals surface area contributed by atoms with Crippen molar-refractivity contribution in [2.24, 2.45) is 17.0 Å². The van der Waals surface area contributed by atoms with E-state index < -0.39 is 10.0 Å². The summed E-state index contributed by atoms with van der Waals surface area (Å²) in [4.78, 5) is 6.40. The van der Waals surface area contributed by atoms with Crippen molar-refractivity contribution in [3.63, 3.8) is 0 Å². The summed E-state index contributed by atoms with van der Waals surface area (Å²) < 4.78 is 26.4. The zero-order chi connectivity index (χ0) is 12.6. The van der Waals surface area contributed by atoms with E-state index in [-0.39, 0.29) is 11.7 Å². The summed E-state index contributed by atoms with van der Waals surface area (Å²) in [6.07, 6.45) is 0. The summed E-state index contributed by atoms with van der Waals surface area (Å²) >= 11 is 1.35. The number of nitrogens with zero attached hydrogens (tertiary/aromatic N) is 3. The zero-order valence-corrected chi connectivity index (χ0v) is 11.5. The maximum absolute atomic E-state index is 11.1. The van der Waals surface area contributed by atoms with Crippen LogP contribution in [0.15, 0.2) is 0 Å². The highest BCUT2D eigenvalue weighted by Crippen LogP contribution is 2.29. The lowest BCUT2D eigenvalue weighted by Crippen LogP contribution is -2.27. The molecule has 1 aromatic rings. The van der Waals surface area contributed by atoms with Gasteiger partial charge in [-0.2, -0.15) is 4.37 Å². The van der Waals surface area contributed by atoms with Gasteiger partial charge >= 0.3 is 0 Å². The third-order valence-corrected chi connectivity index (χ3v) is 4.76. The maximum Gasteiger partial charge on any atom is 0.209 e. The molecule has 1 aliphatic rings. The monoisotopic (exact) mass is 276 g/mol. The normalized spacial score (nSPS) is 25.5. The van der Waals surface area contributed by atoms with Crippen molar-refractivity contribution in [2.75, 3.05) is 23.7 Å². The number of hydrogen-bond donors (Lipinski definition) is 1. The van der Waals surface area contributed by atoms with E-state index in [1.165, 1.54) is 11.5 Å². The summed E-state index contributed by atoms with van der Waals surface area (Å²) in [6.45, 7) is 5.39. The molecule has 17 heavy (non-hydrogen) atoms. The highest BCUT2D eigenvalue weighted by atomic mass is 32.2. The molecule has 0 bridgehead atoms. The minimum Gasteiger partial charge on any atom is -0.346 e. The van der Waals surface area contributed by atoms with E-state index in [1.54, 1.807) is 0 Å². The highest BCUT2D eigenvalue weighted by molar-refractivity contribution is 7.89. The minimum atomic E-state index is -3.40. The van der Waals surface area contributed by atoms with Gasteiger partial charge in [0.1, 0.15) is 5.82 Å². The zero-order valence-electron chi connectivity index (χ0n) is 9.83. The molecule has 6 nitrogen and oxygen atoms in total. The Hall–Kier alpha value is -0.730. The van der Waals surface area contributed by atoms with Crippen molar-refractivity contribution < 1.29 is 8.42 Å². The number of aromatic nitrogens is 2. The molecule has 1 saturated heterocycles. The van der Waals surface area contributed by atoms with E-state index in [2.05, 4.69) is 14.3 Å². The third kappa shape index (κ3) is 3.14. The van der Waals surface area contributed by atoms with Crippen LogP contribution in [0.4, 0.5) is 5.13 Å². The molecule has 96 valence electrons. The smallest absolute Gasteiger partial charge is 0.209 e. The van der Waals surface area contributed by atoms with Gasteiger partial charge in [0, 0.05) is 24.6 Å². The molecular weight excluding hydrogens is 260 g/mol. The van der Waals surface area contributed by atoms with E-state index in [9.17, 15) is 8.42 Å². The molecule has 1 aromatic heterocycles. The third-order valence-electron chi connectivity index (χ3n) is 3.00. The summed E-state index contributed by atoms with van der Waals surface area (Å²) in [7, 11) is -3.40. The van der Waals surface area contributed by atoms with Crippen LogP contribution in [0, 0.1) is 18.8 Å². The molecule has 2 rings (SSSR count). The SMILES string of the molecule is Cc1nsc(N2C[C@@H](CS(N)(=O)=O)[C@H](C)C2)n1. The summed E-state index contributed by atoms with van der Waals surface area (Å²) in [5, 5.41) is 5.96. The molecule has 0 aliphatic carbocycles. The van der Waals surface area contributed by atoms with Crippen molar-refractivity contribution in [3.8, 4) is 0 Å². The first-order valence-corrected chi connectivity index (χ1v) is 7.90. The molecule has 1 fully saturated rings. The van der Waals surface area contributed by atoms with Gasteiger partial charge < -0.3 is 4.90 Å². The number of aryl methyl sites for hydroxylation is 1. The molecular formula is C9H16N4O2S2. The molecule has 0 radical (unpaired) electrons. The van der Waals surface area contributed by atoms with Gasteiger partial charge in [-0.3, -0.25) is 0 Å². The minimum absolute atomic E-state index is 0.0441. The van der Waals surface area contributed by atoms with Crippen LogP contribution in [-0.4, -0.2) is 36.6 Å². The van der Waals surface area contributed by atoms with E-state index >= 15 is 0 Å². The molecule has 0 saturated carbocycles. The average molecular weight is 276 g/mol. The van der Waals surface area contributed by atoms with E-state index in [0.29, 0.717) is 12.5 Å². The number of hydrogen-bond acceptors (Lipinski definition) is 6. The lowest BCUT2D eigenvalue weighted by molar-refractivity contribution is 0.486. The second-order valence-corrected chi connectivity index (χ2v) is 6.99. The van der Waals surface area contributed by atoms with Crippen LogP contribution in [0.2, 0.25) is 0 Å². The topological polar surface area (TPSA) is 89.2 Å². The van der Waals surface area contributed by atoms with Crippen LogP contribution in [0.5, 0.6) is 0 Å². The number of primary sulfonamides is 1. The van der Waals surface area contributed by atoms with Gasteiger partial charge in [-0.15, -0.1) is 0 Å². The Morgan fingerprint density at radius 3 is 2.76 bits per heavy atom. The Balaban J connectivity index is 2.07. The Kier molecular flexibility index (Phi) is 3.37. The Labute approximate surface area is 105 Å². The van der Waals surface area contributed by atoms with Crippen molar-refractivity contribution in [3.05, 3.63) is 5.82 Å². The fourth-order valence-corrected chi connectivity index (χ4v) is 3.84. The number of anilines is 1. The van der Waals surface area contributed by atoms with Crippen LogP contribution < -0.4 is 10.0 Å². The molecule has 0 aromatic carbocycles. The van der Waals surface area contributed by atoms with Crippen LogP contribution in [0.1, 0.15) is 12.7 Å². The summed E-state index contributed by atoms with van der Waals surface area (Å²) in [5.41, 5.74) is 0. The maximum atomic E-state index is 11.1. The van der Waals surface area contributed by atoms with Crippen molar-refractivity contribution in [2.45, 2.75) is 13.8 Å². The molecule has 0 unspecified atom stereocenters. The molecule has 1 aliphatic heterocycles. The van der Waals surface area contributed by atoms with Crippen molar-refractivity contribution in [1.82, 2.24) is 9.36 Å².